The number of primary amides is 1. The normalized spacial score (nSPS) is 19.1. The molecule has 1 fully saturated rings. The van der Waals surface area contributed by atoms with Crippen LogP contribution in [0.15, 0.2) is 29.7 Å². The zero-order chi connectivity index (χ0) is 18.8. The fourth-order valence-electron chi connectivity index (χ4n) is 2.35. The lowest BCUT2D eigenvalue weighted by atomic mass is 9.78. The second-order valence-corrected chi connectivity index (χ2v) is 8.23. The maximum Gasteiger partial charge on any atom is 0.491 e. The van der Waals surface area contributed by atoms with Crippen LogP contribution < -0.4 is 5.73 Å². The van der Waals surface area contributed by atoms with E-state index in [9.17, 15) is 9.59 Å². The van der Waals surface area contributed by atoms with Crippen molar-refractivity contribution in [1.82, 2.24) is 0 Å². The molecule has 2 N–H and O–H groups in total. The van der Waals surface area contributed by atoms with Gasteiger partial charge in [0.25, 0.3) is 0 Å². The fraction of sp³-hybridized carbons (Fsp3) is 0.444. The van der Waals surface area contributed by atoms with Crippen molar-refractivity contribution in [2.75, 3.05) is 5.75 Å². The molecule has 2 rings (SSSR count). The van der Waals surface area contributed by atoms with Crippen molar-refractivity contribution in [2.24, 2.45) is 5.73 Å². The molecule has 0 aliphatic carbocycles. The van der Waals surface area contributed by atoms with Crippen molar-refractivity contribution in [3.63, 3.8) is 0 Å². The van der Waals surface area contributed by atoms with E-state index in [0.717, 1.165) is 11.0 Å². The van der Waals surface area contributed by atoms with Crippen LogP contribution in [0.25, 0.3) is 6.08 Å². The van der Waals surface area contributed by atoms with E-state index in [0.29, 0.717) is 11.3 Å². The Morgan fingerprint density at radius 1 is 1.20 bits per heavy atom. The summed E-state index contributed by atoms with van der Waals surface area (Å²) in [6.07, 6.45) is 1.89. The average molecular weight is 361 g/mol. The van der Waals surface area contributed by atoms with Crippen LogP contribution in [0.2, 0.25) is 0 Å². The zero-order valence-corrected chi connectivity index (χ0v) is 16.1. The van der Waals surface area contributed by atoms with E-state index in [1.807, 2.05) is 39.8 Å². The minimum absolute atomic E-state index is 0.0216. The van der Waals surface area contributed by atoms with Gasteiger partial charge in [0.05, 0.1) is 11.2 Å². The number of carbonyl (C=O) groups excluding carboxylic acids is 2. The molecule has 0 saturated carbocycles. The monoisotopic (exact) mass is 361 g/mol. The van der Waals surface area contributed by atoms with E-state index < -0.39 is 24.2 Å². The molecular formula is C18H24BNO4S. The highest BCUT2D eigenvalue weighted by Crippen LogP contribution is 2.39. The third kappa shape index (κ3) is 4.74. The van der Waals surface area contributed by atoms with Crippen LogP contribution >= 0.6 is 11.8 Å². The summed E-state index contributed by atoms with van der Waals surface area (Å²) in [6, 6.07) is 7.02. The third-order valence-corrected chi connectivity index (χ3v) is 5.41. The van der Waals surface area contributed by atoms with Gasteiger partial charge < -0.3 is 15.0 Å². The molecule has 0 unspecified atom stereocenters. The fourth-order valence-corrected chi connectivity index (χ4v) is 2.94. The summed E-state index contributed by atoms with van der Waals surface area (Å²) in [4.78, 5) is 22.8. The van der Waals surface area contributed by atoms with Crippen LogP contribution in [-0.4, -0.2) is 35.1 Å². The molecule has 1 aromatic rings. The summed E-state index contributed by atoms with van der Waals surface area (Å²) in [5.41, 5.74) is 6.49. The maximum atomic E-state index is 11.4. The van der Waals surface area contributed by atoms with Crippen LogP contribution in [0, 0.1) is 0 Å². The topological polar surface area (TPSA) is 78.6 Å². The Bertz CT molecular complexity index is 699. The number of carbonyl (C=O) groups is 2. The first-order chi connectivity index (χ1) is 11.5. The second kappa shape index (κ2) is 7.36. The number of thioether (sulfide) groups is 1. The minimum atomic E-state index is -0.547. The van der Waals surface area contributed by atoms with Crippen molar-refractivity contribution in [1.29, 1.82) is 0 Å². The number of benzene rings is 1. The number of rotatable bonds is 5. The minimum Gasteiger partial charge on any atom is -0.400 e. The van der Waals surface area contributed by atoms with Crippen LogP contribution in [0.1, 0.15) is 50.5 Å². The molecule has 5 nitrogen and oxygen atoms in total. The van der Waals surface area contributed by atoms with Crippen molar-refractivity contribution in [3.8, 4) is 0 Å². The lowest BCUT2D eigenvalue weighted by molar-refractivity contribution is -0.109. The van der Waals surface area contributed by atoms with Gasteiger partial charge in [-0.1, -0.05) is 30.0 Å². The molecule has 1 heterocycles. The predicted octanol–water partition coefficient (Wildman–Crippen LogP) is 3.08. The first-order valence-electron chi connectivity index (χ1n) is 8.11. The molecule has 1 saturated heterocycles. The smallest absolute Gasteiger partial charge is 0.400 e. The van der Waals surface area contributed by atoms with Gasteiger partial charge in [0.1, 0.15) is 0 Å². The Morgan fingerprint density at radius 2 is 1.80 bits per heavy atom. The van der Waals surface area contributed by atoms with Gasteiger partial charge in [0.2, 0.25) is 5.91 Å². The van der Waals surface area contributed by atoms with E-state index >= 15 is 0 Å². The molecule has 0 spiro atoms. The Labute approximate surface area is 153 Å². The molecule has 0 radical (unpaired) electrons. The van der Waals surface area contributed by atoms with E-state index in [2.05, 4.69) is 0 Å². The van der Waals surface area contributed by atoms with Gasteiger partial charge in [-0.25, -0.2) is 0 Å². The quantitative estimate of drug-likeness (QED) is 0.816. The van der Waals surface area contributed by atoms with Crippen molar-refractivity contribution in [3.05, 3.63) is 40.9 Å². The van der Waals surface area contributed by atoms with Crippen LogP contribution in [0.5, 0.6) is 0 Å². The van der Waals surface area contributed by atoms with Gasteiger partial charge in [-0.05, 0) is 50.9 Å². The first kappa shape index (κ1) is 19.8. The Balaban J connectivity index is 2.35. The first-order valence-corrected chi connectivity index (χ1v) is 9.10. The molecule has 1 aromatic carbocycles. The zero-order valence-electron chi connectivity index (χ0n) is 15.3. The SMILES string of the molecule is CC(=O)SCC(=Cc1cccc(C(N)=O)c1)B1OC(C)(C)C(C)(C)O1. The molecular weight excluding hydrogens is 337 g/mol. The lowest BCUT2D eigenvalue weighted by Crippen LogP contribution is -2.41. The number of nitrogens with two attached hydrogens (primary N) is 1. The van der Waals surface area contributed by atoms with Crippen LogP contribution in [0.4, 0.5) is 0 Å². The molecule has 0 aromatic heterocycles. The standard InChI is InChI=1S/C18H24BNO4S/c1-12(21)25-11-15(19-23-17(2,3)18(4,5)24-19)10-13-7-6-8-14(9-13)16(20)22/h6-10H,11H2,1-5H3,(H2,20,22). The van der Waals surface area contributed by atoms with Gasteiger partial charge in [0, 0.05) is 18.2 Å². The molecule has 1 aliphatic heterocycles. The number of hydrogen-bond donors (Lipinski definition) is 1. The highest BCUT2D eigenvalue weighted by Gasteiger charge is 2.52. The summed E-state index contributed by atoms with van der Waals surface area (Å²) in [7, 11) is -0.547. The van der Waals surface area contributed by atoms with Crippen LogP contribution in [0.3, 0.4) is 0 Å². The molecule has 1 amide bonds. The van der Waals surface area contributed by atoms with Crippen LogP contribution in [-0.2, 0) is 14.1 Å². The van der Waals surface area contributed by atoms with E-state index in [4.69, 9.17) is 15.0 Å². The molecule has 25 heavy (non-hydrogen) atoms. The largest absolute Gasteiger partial charge is 0.491 e. The van der Waals surface area contributed by atoms with Gasteiger partial charge >= 0.3 is 7.12 Å². The lowest BCUT2D eigenvalue weighted by Gasteiger charge is -2.32. The third-order valence-electron chi connectivity index (χ3n) is 4.52. The summed E-state index contributed by atoms with van der Waals surface area (Å²) in [6.45, 7) is 9.46. The van der Waals surface area contributed by atoms with E-state index in [1.165, 1.54) is 18.7 Å². The summed E-state index contributed by atoms with van der Waals surface area (Å²) >= 11 is 1.20. The van der Waals surface area contributed by atoms with Gasteiger partial charge in [-0.15, -0.1) is 0 Å². The summed E-state index contributed by atoms with van der Waals surface area (Å²) in [5.74, 6) is -0.0296. The Morgan fingerprint density at radius 3 is 2.32 bits per heavy atom. The van der Waals surface area contributed by atoms with Crippen molar-refractivity contribution < 1.29 is 18.9 Å². The van der Waals surface area contributed by atoms with Gasteiger partial charge in [-0.3, -0.25) is 9.59 Å². The number of amides is 1. The van der Waals surface area contributed by atoms with Crippen molar-refractivity contribution >= 4 is 36.0 Å². The maximum absolute atomic E-state index is 11.4. The van der Waals surface area contributed by atoms with Gasteiger partial charge in [0.15, 0.2) is 5.12 Å². The second-order valence-electron chi connectivity index (χ2n) is 7.08. The molecule has 0 atom stereocenters. The van der Waals surface area contributed by atoms with Gasteiger partial charge in [-0.2, -0.15) is 0 Å². The Kier molecular flexibility index (Phi) is 5.81. The Hall–Kier alpha value is -1.57. The molecule has 7 heteroatoms. The van der Waals surface area contributed by atoms with Crippen molar-refractivity contribution in [2.45, 2.75) is 45.8 Å². The molecule has 1 aliphatic rings. The molecule has 134 valence electrons. The van der Waals surface area contributed by atoms with E-state index in [-0.39, 0.29) is 5.12 Å². The highest BCUT2D eigenvalue weighted by molar-refractivity contribution is 8.13. The van der Waals surface area contributed by atoms with E-state index in [1.54, 1.807) is 18.2 Å². The number of hydrogen-bond acceptors (Lipinski definition) is 5. The average Bonchev–Trinajstić information content (AvgIpc) is 2.71. The highest BCUT2D eigenvalue weighted by atomic mass is 32.2. The molecule has 0 bridgehead atoms. The summed E-state index contributed by atoms with van der Waals surface area (Å²) < 4.78 is 12.2. The summed E-state index contributed by atoms with van der Waals surface area (Å²) in [5, 5.41) is 0.0216. The predicted molar refractivity (Wildman–Crippen MR) is 102 cm³/mol.